The summed E-state index contributed by atoms with van der Waals surface area (Å²) in [6, 6.07) is 14.1. The number of hydrogen-bond acceptors (Lipinski definition) is 2. The fraction of sp³-hybridized carbons (Fsp3) is 0.278. The van der Waals surface area contributed by atoms with Crippen molar-refractivity contribution in [3.8, 4) is 0 Å². The number of benzene rings is 2. The summed E-state index contributed by atoms with van der Waals surface area (Å²) >= 11 is 0. The molecular formula is C18H22N2O. The van der Waals surface area contributed by atoms with Crippen LogP contribution in [0.3, 0.4) is 0 Å². The number of anilines is 1. The van der Waals surface area contributed by atoms with Crippen molar-refractivity contribution >= 4 is 11.6 Å². The van der Waals surface area contributed by atoms with Crippen LogP contribution < -0.4 is 11.1 Å². The summed E-state index contributed by atoms with van der Waals surface area (Å²) in [6.45, 7) is 7.09. The highest BCUT2D eigenvalue weighted by atomic mass is 16.1. The zero-order valence-corrected chi connectivity index (χ0v) is 12.8. The summed E-state index contributed by atoms with van der Waals surface area (Å²) in [7, 11) is 0. The number of primary amides is 1. The molecule has 21 heavy (non-hydrogen) atoms. The van der Waals surface area contributed by atoms with E-state index in [-0.39, 0.29) is 5.91 Å². The third kappa shape index (κ3) is 3.85. The van der Waals surface area contributed by atoms with Gasteiger partial charge in [0.2, 0.25) is 5.91 Å². The van der Waals surface area contributed by atoms with Crippen molar-refractivity contribution in [1.29, 1.82) is 0 Å². The van der Waals surface area contributed by atoms with E-state index in [1.165, 1.54) is 5.56 Å². The Kier molecular flexibility index (Phi) is 4.63. The molecule has 0 aromatic heterocycles. The summed E-state index contributed by atoms with van der Waals surface area (Å²) in [5.41, 5.74) is 10.5. The first kappa shape index (κ1) is 15.1. The van der Waals surface area contributed by atoms with Gasteiger partial charge in [-0.3, -0.25) is 4.79 Å². The van der Waals surface area contributed by atoms with Crippen LogP contribution in [0.25, 0.3) is 0 Å². The number of carbonyl (C=O) groups excluding carboxylic acids is 1. The van der Waals surface area contributed by atoms with Gasteiger partial charge in [-0.1, -0.05) is 32.0 Å². The molecule has 0 bridgehead atoms. The Morgan fingerprint density at radius 1 is 1.14 bits per heavy atom. The molecule has 3 nitrogen and oxygen atoms in total. The maximum atomic E-state index is 11.1. The molecule has 0 aliphatic rings. The number of nitrogens with one attached hydrogen (secondary N) is 1. The second-order valence-electron chi connectivity index (χ2n) is 5.64. The Morgan fingerprint density at radius 2 is 1.81 bits per heavy atom. The summed E-state index contributed by atoms with van der Waals surface area (Å²) in [5, 5.41) is 3.40. The van der Waals surface area contributed by atoms with Gasteiger partial charge < -0.3 is 11.1 Å². The van der Waals surface area contributed by atoms with Crippen LogP contribution >= 0.6 is 0 Å². The quantitative estimate of drug-likeness (QED) is 0.875. The van der Waals surface area contributed by atoms with Gasteiger partial charge in [-0.05, 0) is 53.8 Å². The van der Waals surface area contributed by atoms with Crippen molar-refractivity contribution in [3.05, 3.63) is 64.7 Å². The van der Waals surface area contributed by atoms with Crippen molar-refractivity contribution in [3.63, 3.8) is 0 Å². The van der Waals surface area contributed by atoms with Crippen LogP contribution in [0.4, 0.5) is 5.69 Å². The molecule has 3 heteroatoms. The predicted molar refractivity (Wildman–Crippen MR) is 87.6 cm³/mol. The van der Waals surface area contributed by atoms with Crippen molar-refractivity contribution in [1.82, 2.24) is 0 Å². The van der Waals surface area contributed by atoms with Crippen molar-refractivity contribution in [2.24, 2.45) is 5.73 Å². The van der Waals surface area contributed by atoms with E-state index in [4.69, 9.17) is 5.73 Å². The van der Waals surface area contributed by atoms with Gasteiger partial charge in [0.25, 0.3) is 0 Å². The average molecular weight is 282 g/mol. The zero-order chi connectivity index (χ0) is 15.4. The molecule has 2 aromatic rings. The van der Waals surface area contributed by atoms with Gasteiger partial charge in [0.15, 0.2) is 0 Å². The molecule has 0 aliphatic carbocycles. The van der Waals surface area contributed by atoms with Gasteiger partial charge in [0.05, 0.1) is 0 Å². The third-order valence-corrected chi connectivity index (χ3v) is 3.69. The molecule has 2 aromatic carbocycles. The van der Waals surface area contributed by atoms with Gasteiger partial charge >= 0.3 is 0 Å². The first-order chi connectivity index (χ1) is 9.97. The fourth-order valence-electron chi connectivity index (χ4n) is 2.23. The molecule has 1 amide bonds. The third-order valence-electron chi connectivity index (χ3n) is 3.69. The van der Waals surface area contributed by atoms with Gasteiger partial charge in [-0.2, -0.15) is 0 Å². The van der Waals surface area contributed by atoms with Crippen LogP contribution in [0.15, 0.2) is 42.5 Å². The van der Waals surface area contributed by atoms with Crippen LogP contribution in [0, 0.1) is 6.92 Å². The molecule has 110 valence electrons. The minimum atomic E-state index is -0.387. The topological polar surface area (TPSA) is 55.1 Å². The smallest absolute Gasteiger partial charge is 0.248 e. The molecule has 0 fully saturated rings. The lowest BCUT2D eigenvalue weighted by molar-refractivity contribution is 0.1000. The highest BCUT2D eigenvalue weighted by Crippen LogP contribution is 2.18. The second-order valence-corrected chi connectivity index (χ2v) is 5.64. The standard InChI is InChI=1S/C18H22N2O/c1-12(2)14-6-8-17(9-7-14)20-11-16-5-4-15(18(19)21)10-13(16)3/h4-10,12,20H,11H2,1-3H3,(H2,19,21). The normalized spacial score (nSPS) is 10.7. The number of aryl methyl sites for hydroxylation is 1. The largest absolute Gasteiger partial charge is 0.381 e. The number of hydrogen-bond donors (Lipinski definition) is 2. The highest BCUT2D eigenvalue weighted by Gasteiger charge is 2.04. The molecule has 0 saturated carbocycles. The lowest BCUT2D eigenvalue weighted by atomic mass is 10.0. The Hall–Kier alpha value is -2.29. The second kappa shape index (κ2) is 6.44. The van der Waals surface area contributed by atoms with E-state index in [1.54, 1.807) is 6.07 Å². The van der Waals surface area contributed by atoms with Crippen LogP contribution in [-0.4, -0.2) is 5.91 Å². The summed E-state index contributed by atoms with van der Waals surface area (Å²) in [4.78, 5) is 11.1. The molecule has 0 saturated heterocycles. The Bertz CT molecular complexity index is 630. The molecule has 0 atom stereocenters. The van der Waals surface area contributed by atoms with Gasteiger partial charge in [0.1, 0.15) is 0 Å². The number of amides is 1. The molecule has 0 aliphatic heterocycles. The van der Waals surface area contributed by atoms with E-state index >= 15 is 0 Å². The van der Waals surface area contributed by atoms with Crippen LogP contribution in [0.2, 0.25) is 0 Å². The Labute approximate surface area is 126 Å². The first-order valence-corrected chi connectivity index (χ1v) is 7.20. The van der Waals surface area contributed by atoms with Crippen LogP contribution in [0.5, 0.6) is 0 Å². The van der Waals surface area contributed by atoms with E-state index in [0.717, 1.165) is 23.4 Å². The molecule has 3 N–H and O–H groups in total. The Balaban J connectivity index is 2.04. The van der Waals surface area contributed by atoms with Crippen LogP contribution in [-0.2, 0) is 6.54 Å². The lowest BCUT2D eigenvalue weighted by Crippen LogP contribution is -2.11. The molecular weight excluding hydrogens is 260 g/mol. The molecule has 0 unspecified atom stereocenters. The summed E-state index contributed by atoms with van der Waals surface area (Å²) in [6.07, 6.45) is 0. The monoisotopic (exact) mass is 282 g/mol. The SMILES string of the molecule is Cc1cc(C(N)=O)ccc1CNc1ccc(C(C)C)cc1. The number of carbonyl (C=O) groups is 1. The molecule has 0 spiro atoms. The maximum absolute atomic E-state index is 11.1. The van der Waals surface area contributed by atoms with Crippen molar-refractivity contribution < 1.29 is 4.79 Å². The minimum absolute atomic E-state index is 0.387. The summed E-state index contributed by atoms with van der Waals surface area (Å²) < 4.78 is 0. The zero-order valence-electron chi connectivity index (χ0n) is 12.8. The van der Waals surface area contributed by atoms with E-state index in [9.17, 15) is 4.79 Å². The minimum Gasteiger partial charge on any atom is -0.381 e. The van der Waals surface area contributed by atoms with E-state index in [2.05, 4.69) is 43.4 Å². The lowest BCUT2D eigenvalue weighted by Gasteiger charge is -2.11. The van der Waals surface area contributed by atoms with E-state index in [0.29, 0.717) is 11.5 Å². The predicted octanol–water partition coefficient (Wildman–Crippen LogP) is 3.83. The first-order valence-electron chi connectivity index (χ1n) is 7.20. The molecule has 0 radical (unpaired) electrons. The van der Waals surface area contributed by atoms with Crippen molar-refractivity contribution in [2.45, 2.75) is 33.2 Å². The number of nitrogens with two attached hydrogens (primary N) is 1. The Morgan fingerprint density at radius 3 is 2.33 bits per heavy atom. The van der Waals surface area contributed by atoms with E-state index in [1.807, 2.05) is 19.1 Å². The van der Waals surface area contributed by atoms with Crippen molar-refractivity contribution in [2.75, 3.05) is 5.32 Å². The molecule has 0 heterocycles. The van der Waals surface area contributed by atoms with Crippen LogP contribution in [0.1, 0.15) is 46.8 Å². The van der Waals surface area contributed by atoms with E-state index < -0.39 is 0 Å². The van der Waals surface area contributed by atoms with Gasteiger partial charge in [-0.15, -0.1) is 0 Å². The fourth-order valence-corrected chi connectivity index (χ4v) is 2.23. The number of rotatable bonds is 5. The maximum Gasteiger partial charge on any atom is 0.248 e. The summed E-state index contributed by atoms with van der Waals surface area (Å²) in [5.74, 6) is 0.157. The van der Waals surface area contributed by atoms with Gasteiger partial charge in [-0.25, -0.2) is 0 Å². The van der Waals surface area contributed by atoms with Gasteiger partial charge in [0, 0.05) is 17.8 Å². The average Bonchev–Trinajstić information content (AvgIpc) is 2.46. The highest BCUT2D eigenvalue weighted by molar-refractivity contribution is 5.93. The molecule has 2 rings (SSSR count).